The molecular weight excluding hydrogens is 402 g/mol. The number of carbonyl (C=O) groups is 1. The fourth-order valence-corrected chi connectivity index (χ4v) is 5.99. The molecule has 0 bridgehead atoms. The Hall–Kier alpha value is -2.12. The highest BCUT2D eigenvalue weighted by Gasteiger charge is 2.30. The van der Waals surface area contributed by atoms with Crippen LogP contribution in [0.2, 0.25) is 0 Å². The summed E-state index contributed by atoms with van der Waals surface area (Å²) < 4.78 is 1.73. The zero-order valence-corrected chi connectivity index (χ0v) is 19.0. The molecule has 1 aromatic carbocycles. The monoisotopic (exact) mass is 427 g/mol. The van der Waals surface area contributed by atoms with Crippen molar-refractivity contribution in [3.05, 3.63) is 50.6 Å². The molecule has 1 atom stereocenters. The van der Waals surface area contributed by atoms with E-state index >= 15 is 0 Å². The van der Waals surface area contributed by atoms with Gasteiger partial charge in [-0.15, -0.1) is 11.3 Å². The average molecular weight is 428 g/mol. The van der Waals surface area contributed by atoms with Crippen molar-refractivity contribution in [3.63, 3.8) is 0 Å². The second kappa shape index (κ2) is 7.61. The summed E-state index contributed by atoms with van der Waals surface area (Å²) in [5.74, 6) is 0.0585. The first-order valence-electron chi connectivity index (χ1n) is 9.87. The quantitative estimate of drug-likeness (QED) is 0.446. The molecule has 0 aliphatic carbocycles. The standard InChI is InChI=1S/C22H25N3O2S2/c1-12(2)25-21(27)18-13(3)14(4)28-19(18)23-22(25)29-15(5)20(26)24-11-10-16-8-6-7-9-17(16)24/h6-9,12,15H,10-11H2,1-5H3. The van der Waals surface area contributed by atoms with Crippen molar-refractivity contribution in [2.24, 2.45) is 0 Å². The van der Waals surface area contributed by atoms with Crippen LogP contribution in [0.4, 0.5) is 5.69 Å². The van der Waals surface area contributed by atoms with E-state index in [2.05, 4.69) is 6.07 Å². The molecule has 3 heterocycles. The Kier molecular flexibility index (Phi) is 5.29. The normalized spacial score (nSPS) is 14.6. The number of carbonyl (C=O) groups excluding carboxylic acids is 1. The van der Waals surface area contributed by atoms with Crippen LogP contribution in [0.25, 0.3) is 10.2 Å². The van der Waals surface area contributed by atoms with E-state index in [-0.39, 0.29) is 22.8 Å². The second-order valence-corrected chi connectivity index (χ2v) is 10.3. The van der Waals surface area contributed by atoms with Gasteiger partial charge < -0.3 is 4.90 Å². The van der Waals surface area contributed by atoms with Gasteiger partial charge >= 0.3 is 0 Å². The van der Waals surface area contributed by atoms with Gasteiger partial charge in [0.2, 0.25) is 5.91 Å². The Balaban J connectivity index is 1.69. The van der Waals surface area contributed by atoms with E-state index in [9.17, 15) is 9.59 Å². The Bertz CT molecular complexity index is 1160. The third-order valence-corrected chi connectivity index (χ3v) is 7.66. The van der Waals surface area contributed by atoms with Crippen LogP contribution in [-0.2, 0) is 11.2 Å². The molecule has 0 saturated heterocycles. The lowest BCUT2D eigenvalue weighted by Gasteiger charge is -2.22. The summed E-state index contributed by atoms with van der Waals surface area (Å²) in [6.45, 7) is 10.6. The van der Waals surface area contributed by atoms with Crippen molar-refractivity contribution >= 4 is 44.9 Å². The largest absolute Gasteiger partial charge is 0.311 e. The number of anilines is 1. The molecule has 0 radical (unpaired) electrons. The Morgan fingerprint density at radius 1 is 1.21 bits per heavy atom. The number of thiophene rings is 1. The SMILES string of the molecule is Cc1sc2nc(SC(C)C(=O)N3CCc4ccccc43)n(C(C)C)c(=O)c2c1C. The number of aryl methyl sites for hydroxylation is 2. The van der Waals surface area contributed by atoms with E-state index in [0.29, 0.717) is 17.1 Å². The highest BCUT2D eigenvalue weighted by molar-refractivity contribution is 8.00. The van der Waals surface area contributed by atoms with Gasteiger partial charge in [0.15, 0.2) is 5.16 Å². The zero-order valence-electron chi connectivity index (χ0n) is 17.4. The van der Waals surface area contributed by atoms with Gasteiger partial charge in [0.05, 0.1) is 10.6 Å². The molecule has 5 nitrogen and oxygen atoms in total. The van der Waals surface area contributed by atoms with Crippen LogP contribution in [0.15, 0.2) is 34.2 Å². The molecule has 2 aromatic heterocycles. The van der Waals surface area contributed by atoms with Crippen LogP contribution in [0.5, 0.6) is 0 Å². The first kappa shape index (κ1) is 20.2. The minimum atomic E-state index is -0.335. The maximum atomic E-state index is 13.2. The summed E-state index contributed by atoms with van der Waals surface area (Å²) in [7, 11) is 0. The Morgan fingerprint density at radius 2 is 1.93 bits per heavy atom. The number of benzene rings is 1. The van der Waals surface area contributed by atoms with Crippen LogP contribution in [0, 0.1) is 13.8 Å². The predicted octanol–water partition coefficient (Wildman–Crippen LogP) is 4.73. The molecule has 4 rings (SSSR count). The molecule has 1 unspecified atom stereocenters. The van der Waals surface area contributed by atoms with Gasteiger partial charge in [-0.05, 0) is 58.2 Å². The smallest absolute Gasteiger partial charge is 0.263 e. The predicted molar refractivity (Wildman–Crippen MR) is 122 cm³/mol. The van der Waals surface area contributed by atoms with Crippen LogP contribution in [-0.4, -0.2) is 27.3 Å². The first-order valence-corrected chi connectivity index (χ1v) is 11.6. The number of aromatic nitrogens is 2. The molecule has 1 aliphatic rings. The first-order chi connectivity index (χ1) is 13.8. The van der Waals surface area contributed by atoms with E-state index in [4.69, 9.17) is 4.98 Å². The fourth-order valence-electron chi connectivity index (χ4n) is 3.82. The van der Waals surface area contributed by atoms with E-state index in [1.165, 1.54) is 17.3 Å². The highest BCUT2D eigenvalue weighted by Crippen LogP contribution is 2.33. The molecule has 0 fully saturated rings. The summed E-state index contributed by atoms with van der Waals surface area (Å²) in [6, 6.07) is 8.03. The third-order valence-electron chi connectivity index (χ3n) is 5.50. The Labute approximate surface area is 178 Å². The van der Waals surface area contributed by atoms with Crippen molar-refractivity contribution in [3.8, 4) is 0 Å². The van der Waals surface area contributed by atoms with Crippen molar-refractivity contribution in [2.45, 2.75) is 57.5 Å². The van der Waals surface area contributed by atoms with Gasteiger partial charge in [-0.2, -0.15) is 0 Å². The van der Waals surface area contributed by atoms with E-state index < -0.39 is 0 Å². The maximum absolute atomic E-state index is 13.2. The van der Waals surface area contributed by atoms with Gasteiger partial charge in [0, 0.05) is 23.2 Å². The molecule has 7 heteroatoms. The van der Waals surface area contributed by atoms with E-state index in [0.717, 1.165) is 27.4 Å². The third kappa shape index (κ3) is 3.40. The molecule has 152 valence electrons. The molecule has 1 amide bonds. The number of fused-ring (bicyclic) bond motifs is 2. The molecule has 0 spiro atoms. The van der Waals surface area contributed by atoms with Crippen LogP contribution in [0.3, 0.4) is 0 Å². The summed E-state index contributed by atoms with van der Waals surface area (Å²) in [4.78, 5) is 35.0. The molecule has 1 aliphatic heterocycles. The number of nitrogens with zero attached hydrogens (tertiary/aromatic N) is 3. The van der Waals surface area contributed by atoms with E-state index in [1.54, 1.807) is 15.9 Å². The van der Waals surface area contributed by atoms with Crippen LogP contribution in [0.1, 0.15) is 42.8 Å². The van der Waals surface area contributed by atoms with Crippen molar-refractivity contribution < 1.29 is 4.79 Å². The van der Waals surface area contributed by atoms with Crippen LogP contribution < -0.4 is 10.5 Å². The van der Waals surface area contributed by atoms with E-state index in [1.807, 2.05) is 57.7 Å². The zero-order chi connectivity index (χ0) is 20.9. The minimum absolute atomic E-state index is 0.0134. The second-order valence-electron chi connectivity index (χ2n) is 7.76. The van der Waals surface area contributed by atoms with Gasteiger partial charge in [-0.1, -0.05) is 30.0 Å². The summed E-state index contributed by atoms with van der Waals surface area (Å²) in [6.07, 6.45) is 0.883. The average Bonchev–Trinajstić information content (AvgIpc) is 3.22. The summed E-state index contributed by atoms with van der Waals surface area (Å²) in [5, 5.41) is 0.989. The number of thioether (sulfide) groups is 1. The molecule has 3 aromatic rings. The van der Waals surface area contributed by atoms with Gasteiger partial charge in [-0.25, -0.2) is 4.98 Å². The minimum Gasteiger partial charge on any atom is -0.311 e. The molecule has 29 heavy (non-hydrogen) atoms. The fraction of sp³-hybridized carbons (Fsp3) is 0.409. The summed E-state index contributed by atoms with van der Waals surface area (Å²) >= 11 is 2.93. The number of hydrogen-bond acceptors (Lipinski definition) is 5. The van der Waals surface area contributed by atoms with Gasteiger partial charge in [0.1, 0.15) is 4.83 Å². The number of amides is 1. The maximum Gasteiger partial charge on any atom is 0.263 e. The van der Waals surface area contributed by atoms with Crippen molar-refractivity contribution in [1.82, 2.24) is 9.55 Å². The lowest BCUT2D eigenvalue weighted by Crippen LogP contribution is -2.36. The molecular formula is C22H25N3O2S2. The topological polar surface area (TPSA) is 55.2 Å². The van der Waals surface area contributed by atoms with Gasteiger partial charge in [-0.3, -0.25) is 14.2 Å². The lowest BCUT2D eigenvalue weighted by atomic mass is 10.2. The van der Waals surface area contributed by atoms with Gasteiger partial charge in [0.25, 0.3) is 5.56 Å². The molecule has 0 N–H and O–H groups in total. The Morgan fingerprint density at radius 3 is 2.66 bits per heavy atom. The molecule has 0 saturated carbocycles. The lowest BCUT2D eigenvalue weighted by molar-refractivity contribution is -0.117. The highest BCUT2D eigenvalue weighted by atomic mass is 32.2. The number of hydrogen-bond donors (Lipinski definition) is 0. The van der Waals surface area contributed by atoms with Crippen LogP contribution >= 0.6 is 23.1 Å². The summed E-state index contributed by atoms with van der Waals surface area (Å²) in [5.41, 5.74) is 3.20. The number of para-hydroxylation sites is 1. The van der Waals surface area contributed by atoms with Crippen molar-refractivity contribution in [2.75, 3.05) is 11.4 Å². The van der Waals surface area contributed by atoms with Crippen molar-refractivity contribution in [1.29, 1.82) is 0 Å². The number of rotatable bonds is 4.